The number of hydrogen-bond donors (Lipinski definition) is 1. The van der Waals surface area contributed by atoms with E-state index in [1.807, 2.05) is 0 Å². The van der Waals surface area contributed by atoms with Gasteiger partial charge in [0.15, 0.2) is 0 Å². The maximum Gasteiger partial charge on any atom is 0.122 e. The number of nitrogens with two attached hydrogens (primary N) is 1. The van der Waals surface area contributed by atoms with Crippen LogP contribution in [0.15, 0.2) is 18.2 Å². The predicted octanol–water partition coefficient (Wildman–Crippen LogP) is 2.46. The van der Waals surface area contributed by atoms with E-state index in [0.29, 0.717) is 5.92 Å². The van der Waals surface area contributed by atoms with Gasteiger partial charge < -0.3 is 15.4 Å². The molecular weight excluding hydrogens is 236 g/mol. The number of benzene rings is 1. The summed E-state index contributed by atoms with van der Waals surface area (Å²) in [6.07, 6.45) is 2.16. The average Bonchev–Trinajstić information content (AvgIpc) is 2.42. The minimum Gasteiger partial charge on any atom is -0.496 e. The third-order valence-corrected chi connectivity index (χ3v) is 3.68. The lowest BCUT2D eigenvalue weighted by Gasteiger charge is -2.22. The molecule has 0 bridgehead atoms. The van der Waals surface area contributed by atoms with Crippen molar-refractivity contribution < 1.29 is 4.74 Å². The largest absolute Gasteiger partial charge is 0.496 e. The Balaban J connectivity index is 2.54. The number of rotatable bonds is 8. The number of nitrogens with zero attached hydrogens (tertiary/aromatic N) is 1. The summed E-state index contributed by atoms with van der Waals surface area (Å²) in [4.78, 5) is 2.36. The molecule has 0 saturated heterocycles. The first-order valence-electron chi connectivity index (χ1n) is 7.12. The van der Waals surface area contributed by atoms with E-state index in [1.54, 1.807) is 7.11 Å². The third kappa shape index (κ3) is 5.21. The normalized spacial score (nSPS) is 12.7. The Kier molecular flexibility index (Phi) is 6.89. The van der Waals surface area contributed by atoms with Crippen LogP contribution >= 0.6 is 0 Å². The van der Waals surface area contributed by atoms with Gasteiger partial charge in [0, 0.05) is 13.1 Å². The van der Waals surface area contributed by atoms with Crippen LogP contribution < -0.4 is 10.5 Å². The van der Waals surface area contributed by atoms with Crippen molar-refractivity contribution in [3.63, 3.8) is 0 Å². The van der Waals surface area contributed by atoms with Crippen molar-refractivity contribution in [1.82, 2.24) is 4.90 Å². The molecule has 0 spiro atoms. The van der Waals surface area contributed by atoms with Crippen LogP contribution in [0.4, 0.5) is 0 Å². The van der Waals surface area contributed by atoms with Gasteiger partial charge in [-0.3, -0.25) is 0 Å². The zero-order valence-corrected chi connectivity index (χ0v) is 12.8. The van der Waals surface area contributed by atoms with E-state index < -0.39 is 0 Å². The monoisotopic (exact) mass is 264 g/mol. The zero-order valence-electron chi connectivity index (χ0n) is 12.8. The molecule has 108 valence electrons. The second kappa shape index (κ2) is 8.18. The summed E-state index contributed by atoms with van der Waals surface area (Å²) in [5.74, 6) is 1.59. The van der Waals surface area contributed by atoms with Gasteiger partial charge in [0.1, 0.15) is 5.75 Å². The van der Waals surface area contributed by atoms with Crippen molar-refractivity contribution in [3.8, 4) is 5.75 Å². The van der Waals surface area contributed by atoms with Gasteiger partial charge >= 0.3 is 0 Å². The van der Waals surface area contributed by atoms with Crippen molar-refractivity contribution in [1.29, 1.82) is 0 Å². The van der Waals surface area contributed by atoms with Crippen LogP contribution in [0.3, 0.4) is 0 Å². The first-order chi connectivity index (χ1) is 9.10. The fourth-order valence-corrected chi connectivity index (χ4v) is 2.32. The van der Waals surface area contributed by atoms with E-state index >= 15 is 0 Å². The lowest BCUT2D eigenvalue weighted by Crippen LogP contribution is -2.31. The molecule has 0 radical (unpaired) electrons. The fraction of sp³-hybridized carbons (Fsp3) is 0.625. The summed E-state index contributed by atoms with van der Waals surface area (Å²) in [5, 5.41) is 0. The molecule has 0 aliphatic heterocycles. The van der Waals surface area contributed by atoms with E-state index in [-0.39, 0.29) is 0 Å². The van der Waals surface area contributed by atoms with Gasteiger partial charge in [0.05, 0.1) is 7.11 Å². The average molecular weight is 264 g/mol. The standard InChI is InChI=1S/C16H28N2O/c1-5-14(11-17)12-18(3)9-8-15-10-13(2)6-7-16(15)19-4/h6-7,10,14H,5,8-9,11-12,17H2,1-4H3. The highest BCUT2D eigenvalue weighted by atomic mass is 16.5. The Bertz CT molecular complexity index is 375. The highest BCUT2D eigenvalue weighted by Gasteiger charge is 2.09. The highest BCUT2D eigenvalue weighted by molar-refractivity contribution is 5.37. The van der Waals surface area contributed by atoms with E-state index in [1.165, 1.54) is 11.1 Å². The molecule has 0 aliphatic rings. The zero-order chi connectivity index (χ0) is 14.3. The van der Waals surface area contributed by atoms with Gasteiger partial charge in [-0.2, -0.15) is 0 Å². The Morgan fingerprint density at radius 3 is 2.68 bits per heavy atom. The van der Waals surface area contributed by atoms with Crippen LogP contribution in [0.25, 0.3) is 0 Å². The van der Waals surface area contributed by atoms with E-state index in [0.717, 1.165) is 38.2 Å². The summed E-state index contributed by atoms with van der Waals surface area (Å²) in [5.41, 5.74) is 8.33. The van der Waals surface area contributed by atoms with Gasteiger partial charge in [-0.25, -0.2) is 0 Å². The second-order valence-corrected chi connectivity index (χ2v) is 5.34. The van der Waals surface area contributed by atoms with Crippen LogP contribution in [0.5, 0.6) is 5.75 Å². The molecule has 0 saturated carbocycles. The summed E-state index contributed by atoms with van der Waals surface area (Å²) in [6, 6.07) is 6.36. The molecule has 1 aromatic rings. The van der Waals surface area contributed by atoms with Crippen molar-refractivity contribution in [2.45, 2.75) is 26.7 Å². The van der Waals surface area contributed by atoms with E-state index in [4.69, 9.17) is 10.5 Å². The van der Waals surface area contributed by atoms with Gasteiger partial charge in [-0.05, 0) is 44.5 Å². The van der Waals surface area contributed by atoms with Crippen LogP contribution in [0.1, 0.15) is 24.5 Å². The lowest BCUT2D eigenvalue weighted by atomic mass is 10.1. The molecule has 0 aromatic heterocycles. The number of likely N-dealkylation sites (N-methyl/N-ethyl adjacent to an activating group) is 1. The SMILES string of the molecule is CCC(CN)CN(C)CCc1cc(C)ccc1OC. The van der Waals surface area contributed by atoms with Gasteiger partial charge in [0.2, 0.25) is 0 Å². The summed E-state index contributed by atoms with van der Waals surface area (Å²) < 4.78 is 5.42. The highest BCUT2D eigenvalue weighted by Crippen LogP contribution is 2.20. The number of methoxy groups -OCH3 is 1. The molecule has 3 heteroatoms. The van der Waals surface area contributed by atoms with Crippen LogP contribution in [-0.2, 0) is 6.42 Å². The topological polar surface area (TPSA) is 38.5 Å². The Morgan fingerprint density at radius 2 is 2.11 bits per heavy atom. The molecule has 3 nitrogen and oxygen atoms in total. The summed E-state index contributed by atoms with van der Waals surface area (Å²) >= 11 is 0. The molecule has 0 amide bonds. The molecule has 1 atom stereocenters. The maximum atomic E-state index is 5.76. The summed E-state index contributed by atoms with van der Waals surface area (Å²) in [6.45, 7) is 7.20. The maximum absolute atomic E-state index is 5.76. The Hall–Kier alpha value is -1.06. The minimum absolute atomic E-state index is 0.601. The van der Waals surface area contributed by atoms with Gasteiger partial charge in [-0.15, -0.1) is 0 Å². The smallest absolute Gasteiger partial charge is 0.122 e. The third-order valence-electron chi connectivity index (χ3n) is 3.68. The predicted molar refractivity (Wildman–Crippen MR) is 81.8 cm³/mol. The Labute approximate surface area is 117 Å². The van der Waals surface area contributed by atoms with Crippen molar-refractivity contribution in [2.75, 3.05) is 33.8 Å². The molecule has 0 fully saturated rings. The number of aryl methyl sites for hydroxylation is 1. The molecule has 1 rings (SSSR count). The van der Waals surface area contributed by atoms with Crippen LogP contribution in [0.2, 0.25) is 0 Å². The molecule has 1 aromatic carbocycles. The first-order valence-corrected chi connectivity index (χ1v) is 7.12. The van der Waals surface area contributed by atoms with Gasteiger partial charge in [-0.1, -0.05) is 31.0 Å². The van der Waals surface area contributed by atoms with Crippen LogP contribution in [-0.4, -0.2) is 38.7 Å². The number of ether oxygens (including phenoxy) is 1. The minimum atomic E-state index is 0.601. The fourth-order valence-electron chi connectivity index (χ4n) is 2.32. The van der Waals surface area contributed by atoms with Crippen molar-refractivity contribution >= 4 is 0 Å². The second-order valence-electron chi connectivity index (χ2n) is 5.34. The lowest BCUT2D eigenvalue weighted by molar-refractivity contribution is 0.276. The van der Waals surface area contributed by atoms with Crippen LogP contribution in [0, 0.1) is 12.8 Å². The molecule has 2 N–H and O–H groups in total. The number of hydrogen-bond acceptors (Lipinski definition) is 3. The quantitative estimate of drug-likeness (QED) is 0.784. The van der Waals surface area contributed by atoms with Crippen molar-refractivity contribution in [3.05, 3.63) is 29.3 Å². The molecular formula is C16H28N2O. The van der Waals surface area contributed by atoms with Gasteiger partial charge in [0.25, 0.3) is 0 Å². The summed E-state index contributed by atoms with van der Waals surface area (Å²) in [7, 11) is 3.90. The molecule has 0 aliphatic carbocycles. The van der Waals surface area contributed by atoms with E-state index in [2.05, 4.69) is 44.0 Å². The molecule has 1 unspecified atom stereocenters. The molecule has 19 heavy (non-hydrogen) atoms. The first kappa shape index (κ1) is 16.0. The molecule has 0 heterocycles. The van der Waals surface area contributed by atoms with Crippen molar-refractivity contribution in [2.24, 2.45) is 11.7 Å². The van der Waals surface area contributed by atoms with E-state index in [9.17, 15) is 0 Å². The Morgan fingerprint density at radius 1 is 1.37 bits per heavy atom.